The van der Waals surface area contributed by atoms with Gasteiger partial charge in [0.15, 0.2) is 0 Å². The van der Waals surface area contributed by atoms with Crippen LogP contribution >= 0.6 is 0 Å². The van der Waals surface area contributed by atoms with Gasteiger partial charge < -0.3 is 9.47 Å². The molecule has 0 aliphatic rings. The van der Waals surface area contributed by atoms with E-state index in [0.717, 1.165) is 48.6 Å². The van der Waals surface area contributed by atoms with E-state index in [4.69, 9.17) is 9.47 Å². The van der Waals surface area contributed by atoms with Gasteiger partial charge in [-0.25, -0.2) is 0 Å². The molecule has 3 heterocycles. The second kappa shape index (κ2) is 15.7. The van der Waals surface area contributed by atoms with Gasteiger partial charge in [-0.1, -0.05) is 12.2 Å². The van der Waals surface area contributed by atoms with E-state index in [-0.39, 0.29) is 0 Å². The van der Waals surface area contributed by atoms with Crippen molar-refractivity contribution in [3.05, 3.63) is 97.1 Å². The van der Waals surface area contributed by atoms with E-state index in [2.05, 4.69) is 43.1 Å². The molecule has 186 valence electrons. The van der Waals surface area contributed by atoms with Gasteiger partial charge in [-0.05, 0) is 37.1 Å². The molecule has 8 nitrogen and oxygen atoms in total. The third-order valence-corrected chi connectivity index (χ3v) is 4.91. The lowest BCUT2D eigenvalue weighted by molar-refractivity contribution is 0.323. The van der Waals surface area contributed by atoms with Gasteiger partial charge >= 0.3 is 0 Å². The smallest absolute Gasteiger partial charge is 0.137 e. The van der Waals surface area contributed by atoms with Gasteiger partial charge in [0.25, 0.3) is 0 Å². The Balaban J connectivity index is 1.35. The Morgan fingerprint density at radius 3 is 1.47 bits per heavy atom. The molecule has 0 spiro atoms. The number of aromatic nitrogens is 4. The highest BCUT2D eigenvalue weighted by Crippen LogP contribution is 2.11. The number of pyridine rings is 2. The number of hydrogen-bond acceptors (Lipinski definition) is 8. The largest absolute Gasteiger partial charge is 0.492 e. The zero-order valence-electron chi connectivity index (χ0n) is 20.5. The maximum Gasteiger partial charge on any atom is 0.137 e. The second-order valence-electron chi connectivity index (χ2n) is 7.76. The molecule has 0 amide bonds. The van der Waals surface area contributed by atoms with Crippen molar-refractivity contribution in [1.82, 2.24) is 19.9 Å². The molecule has 0 bridgehead atoms. The number of aliphatic imine (C=N–C) groups is 2. The monoisotopic (exact) mass is 484 g/mol. The molecule has 0 atom stereocenters. The molecule has 0 aliphatic carbocycles. The molecule has 8 heteroatoms. The fourth-order valence-corrected chi connectivity index (χ4v) is 2.96. The highest BCUT2D eigenvalue weighted by molar-refractivity contribution is 5.79. The highest BCUT2D eigenvalue weighted by atomic mass is 16.5. The normalized spacial score (nSPS) is 11.1. The van der Waals surface area contributed by atoms with E-state index >= 15 is 0 Å². The average molecular weight is 485 g/mol. The maximum absolute atomic E-state index is 5.57. The van der Waals surface area contributed by atoms with Gasteiger partial charge in [-0.2, -0.15) is 0 Å². The SMILES string of the molecule is C=CCCOc1ccc(CCN=Cc2cnc(C=NCCc3ccc(OCCC=C)cn3)cn2)nc1. The van der Waals surface area contributed by atoms with Crippen LogP contribution in [-0.4, -0.2) is 58.7 Å². The van der Waals surface area contributed by atoms with Gasteiger partial charge in [0.1, 0.15) is 11.5 Å². The lowest BCUT2D eigenvalue weighted by atomic mass is 10.2. The van der Waals surface area contributed by atoms with Crippen LogP contribution in [0.2, 0.25) is 0 Å². The molecule has 0 fully saturated rings. The maximum atomic E-state index is 5.57. The summed E-state index contributed by atoms with van der Waals surface area (Å²) in [5, 5.41) is 0. The predicted molar refractivity (Wildman–Crippen MR) is 143 cm³/mol. The number of rotatable bonds is 16. The molecule has 3 aromatic heterocycles. The van der Waals surface area contributed by atoms with Crippen molar-refractivity contribution in [3.63, 3.8) is 0 Å². The van der Waals surface area contributed by atoms with Gasteiger partial charge in [0.2, 0.25) is 0 Å². The first-order valence-electron chi connectivity index (χ1n) is 12.0. The average Bonchev–Trinajstić information content (AvgIpc) is 2.92. The van der Waals surface area contributed by atoms with E-state index in [1.54, 1.807) is 37.2 Å². The van der Waals surface area contributed by atoms with Crippen LogP contribution in [0.25, 0.3) is 0 Å². The van der Waals surface area contributed by atoms with Gasteiger partial charge in [0, 0.05) is 49.7 Å². The molecular formula is C28H32N6O2. The molecule has 0 saturated carbocycles. The number of nitrogens with zero attached hydrogens (tertiary/aromatic N) is 6. The van der Waals surface area contributed by atoms with Crippen molar-refractivity contribution in [2.24, 2.45) is 9.98 Å². The molecule has 0 unspecified atom stereocenters. The van der Waals surface area contributed by atoms with Crippen LogP contribution in [0, 0.1) is 0 Å². The van der Waals surface area contributed by atoms with E-state index < -0.39 is 0 Å². The topological polar surface area (TPSA) is 94.7 Å². The molecule has 0 aromatic carbocycles. The molecule has 0 radical (unpaired) electrons. The van der Waals surface area contributed by atoms with E-state index in [1.807, 2.05) is 36.4 Å². The first-order chi connectivity index (χ1) is 17.8. The quantitative estimate of drug-likeness (QED) is 0.169. The van der Waals surface area contributed by atoms with Crippen molar-refractivity contribution in [2.75, 3.05) is 26.3 Å². The molecule has 0 aliphatic heterocycles. The summed E-state index contributed by atoms with van der Waals surface area (Å²) in [4.78, 5) is 26.4. The first-order valence-corrected chi connectivity index (χ1v) is 12.0. The molecule has 36 heavy (non-hydrogen) atoms. The van der Waals surface area contributed by atoms with Crippen LogP contribution in [-0.2, 0) is 12.8 Å². The van der Waals surface area contributed by atoms with Crippen LogP contribution in [0.5, 0.6) is 11.5 Å². The summed E-state index contributed by atoms with van der Waals surface area (Å²) in [6, 6.07) is 7.76. The Morgan fingerprint density at radius 1 is 0.639 bits per heavy atom. The van der Waals surface area contributed by atoms with Gasteiger partial charge in [0.05, 0.1) is 49.4 Å². The molecule has 0 N–H and O–H groups in total. The van der Waals surface area contributed by atoms with Crippen LogP contribution in [0.15, 0.2) is 84.3 Å². The van der Waals surface area contributed by atoms with Crippen LogP contribution in [0.3, 0.4) is 0 Å². The van der Waals surface area contributed by atoms with E-state index in [1.165, 1.54) is 0 Å². The number of ether oxygens (including phenoxy) is 2. The third kappa shape index (κ3) is 9.97. The van der Waals surface area contributed by atoms with Gasteiger partial charge in [-0.15, -0.1) is 13.2 Å². The van der Waals surface area contributed by atoms with Crippen molar-refractivity contribution >= 4 is 12.4 Å². The van der Waals surface area contributed by atoms with Crippen LogP contribution in [0.1, 0.15) is 35.6 Å². The standard InChI is InChI=1S/C28H32N6O2/c1-3-5-15-35-27-9-7-23(33-21-27)11-13-29-17-25-19-32-26(20-31-25)18-30-14-12-24-8-10-28(22-34-24)36-16-6-4-2/h3-4,7-10,17-22H,1-2,5-6,11-16H2. The lowest BCUT2D eigenvalue weighted by Gasteiger charge is -2.04. The van der Waals surface area contributed by atoms with E-state index in [9.17, 15) is 0 Å². The number of hydrogen-bond donors (Lipinski definition) is 0. The zero-order valence-corrected chi connectivity index (χ0v) is 20.5. The summed E-state index contributed by atoms with van der Waals surface area (Å²) in [5.41, 5.74) is 3.32. The highest BCUT2D eigenvalue weighted by Gasteiger charge is 1.99. The molecular weight excluding hydrogens is 452 g/mol. The summed E-state index contributed by atoms with van der Waals surface area (Å²) in [5.74, 6) is 1.53. The Hall–Kier alpha value is -4.20. The summed E-state index contributed by atoms with van der Waals surface area (Å²) >= 11 is 0. The minimum absolute atomic E-state index is 0.611. The summed E-state index contributed by atoms with van der Waals surface area (Å²) < 4.78 is 11.1. The van der Waals surface area contributed by atoms with Crippen molar-refractivity contribution in [3.8, 4) is 11.5 Å². The van der Waals surface area contributed by atoms with Crippen molar-refractivity contribution < 1.29 is 9.47 Å². The third-order valence-electron chi connectivity index (χ3n) is 4.91. The minimum atomic E-state index is 0.611. The van der Waals surface area contributed by atoms with Gasteiger partial charge in [-0.3, -0.25) is 29.9 Å². The first kappa shape index (κ1) is 26.4. The zero-order chi connectivity index (χ0) is 25.3. The van der Waals surface area contributed by atoms with E-state index in [0.29, 0.717) is 37.7 Å². The fourth-order valence-electron chi connectivity index (χ4n) is 2.96. The molecule has 0 saturated heterocycles. The summed E-state index contributed by atoms with van der Waals surface area (Å²) in [6.07, 6.45) is 17.0. The van der Waals surface area contributed by atoms with Crippen molar-refractivity contribution in [2.45, 2.75) is 25.7 Å². The van der Waals surface area contributed by atoms with Crippen molar-refractivity contribution in [1.29, 1.82) is 0 Å². The fraction of sp³-hybridized carbons (Fsp3) is 0.286. The van der Waals surface area contributed by atoms with Crippen LogP contribution in [0.4, 0.5) is 0 Å². The summed E-state index contributed by atoms with van der Waals surface area (Å²) in [6.45, 7) is 9.81. The second-order valence-corrected chi connectivity index (χ2v) is 7.76. The van der Waals surface area contributed by atoms with Crippen LogP contribution < -0.4 is 9.47 Å². The molecule has 3 aromatic rings. The lowest BCUT2D eigenvalue weighted by Crippen LogP contribution is -1.99. The Bertz CT molecular complexity index is 1020. The predicted octanol–water partition coefficient (Wildman–Crippen LogP) is 4.50. The Kier molecular flexibility index (Phi) is 11.5. The Labute approximate surface area is 212 Å². The minimum Gasteiger partial charge on any atom is -0.492 e. The Morgan fingerprint density at radius 2 is 1.11 bits per heavy atom. The molecule has 3 rings (SSSR count). The summed E-state index contributed by atoms with van der Waals surface area (Å²) in [7, 11) is 0.